The van der Waals surface area contributed by atoms with Crippen molar-refractivity contribution < 1.29 is 18.4 Å². The minimum Gasteiger partial charge on any atom is -0.377 e. The van der Waals surface area contributed by atoms with Gasteiger partial charge in [0.15, 0.2) is 0 Å². The number of fused-ring (bicyclic) bond motifs is 1. The SMILES string of the molecule is CN(C)c1cccc2c(S(=O)(=O)Nc3cccc(C(=CC(=O)NO)c4ccccc4)c3)cccc12. The third kappa shape index (κ3) is 5.18. The molecule has 7 nitrogen and oxygen atoms in total. The van der Waals surface area contributed by atoms with Gasteiger partial charge in [0, 0.05) is 42.3 Å². The van der Waals surface area contributed by atoms with E-state index in [2.05, 4.69) is 4.72 Å². The third-order valence-corrected chi connectivity index (χ3v) is 6.97. The van der Waals surface area contributed by atoms with Gasteiger partial charge in [-0.1, -0.05) is 66.7 Å². The molecule has 4 rings (SSSR count). The van der Waals surface area contributed by atoms with E-state index in [1.807, 2.05) is 67.5 Å². The maximum Gasteiger partial charge on any atom is 0.267 e. The van der Waals surface area contributed by atoms with E-state index in [-0.39, 0.29) is 4.90 Å². The van der Waals surface area contributed by atoms with Crippen LogP contribution in [-0.2, 0) is 14.8 Å². The first kappa shape index (κ1) is 24.0. The number of nitrogens with zero attached hydrogens (tertiary/aromatic N) is 1. The summed E-state index contributed by atoms with van der Waals surface area (Å²) in [6, 6.07) is 26.7. The first-order valence-electron chi connectivity index (χ1n) is 10.8. The van der Waals surface area contributed by atoms with Crippen molar-refractivity contribution in [2.45, 2.75) is 4.90 Å². The Labute approximate surface area is 204 Å². The molecule has 0 fully saturated rings. The lowest BCUT2D eigenvalue weighted by Crippen LogP contribution is -2.16. The summed E-state index contributed by atoms with van der Waals surface area (Å²) in [6.07, 6.45) is 1.26. The number of benzene rings is 4. The molecule has 0 aliphatic carbocycles. The molecule has 0 aromatic heterocycles. The van der Waals surface area contributed by atoms with E-state index in [0.29, 0.717) is 22.2 Å². The number of nitrogens with one attached hydrogen (secondary N) is 2. The molecular formula is C27H25N3O4S. The van der Waals surface area contributed by atoms with Gasteiger partial charge in [-0.05, 0) is 41.0 Å². The van der Waals surface area contributed by atoms with Gasteiger partial charge in [0.25, 0.3) is 15.9 Å². The molecule has 0 unspecified atom stereocenters. The number of carbonyl (C=O) groups is 1. The van der Waals surface area contributed by atoms with Gasteiger partial charge in [0.05, 0.1) is 4.90 Å². The molecule has 178 valence electrons. The Morgan fingerprint density at radius 2 is 1.49 bits per heavy atom. The number of anilines is 2. The molecule has 1 amide bonds. The van der Waals surface area contributed by atoms with E-state index >= 15 is 0 Å². The van der Waals surface area contributed by atoms with Crippen LogP contribution in [0.5, 0.6) is 0 Å². The van der Waals surface area contributed by atoms with Gasteiger partial charge < -0.3 is 4.90 Å². The lowest BCUT2D eigenvalue weighted by molar-refractivity contribution is -0.124. The molecule has 8 heteroatoms. The zero-order chi connectivity index (χ0) is 25.0. The summed E-state index contributed by atoms with van der Waals surface area (Å²) in [4.78, 5) is 14.0. The van der Waals surface area contributed by atoms with Crippen molar-refractivity contribution in [3.8, 4) is 0 Å². The number of hydrogen-bond acceptors (Lipinski definition) is 5. The summed E-state index contributed by atoms with van der Waals surface area (Å²) in [5.41, 5.74) is 4.74. The molecular weight excluding hydrogens is 462 g/mol. The van der Waals surface area contributed by atoms with Crippen LogP contribution >= 0.6 is 0 Å². The summed E-state index contributed by atoms with van der Waals surface area (Å²) in [6.45, 7) is 0. The normalized spacial score (nSPS) is 11.8. The summed E-state index contributed by atoms with van der Waals surface area (Å²) >= 11 is 0. The fourth-order valence-electron chi connectivity index (χ4n) is 3.96. The van der Waals surface area contributed by atoms with Crippen molar-refractivity contribution in [3.05, 3.63) is 108 Å². The second kappa shape index (κ2) is 10.0. The highest BCUT2D eigenvalue weighted by molar-refractivity contribution is 7.93. The van der Waals surface area contributed by atoms with Gasteiger partial charge in [0.1, 0.15) is 0 Å². The van der Waals surface area contributed by atoms with Gasteiger partial charge in [-0.3, -0.25) is 14.7 Å². The number of rotatable bonds is 7. The van der Waals surface area contributed by atoms with Crippen LogP contribution in [0.1, 0.15) is 11.1 Å². The van der Waals surface area contributed by atoms with E-state index in [1.165, 1.54) is 6.08 Å². The zero-order valence-electron chi connectivity index (χ0n) is 19.3. The largest absolute Gasteiger partial charge is 0.377 e. The highest BCUT2D eigenvalue weighted by Gasteiger charge is 2.19. The van der Waals surface area contributed by atoms with E-state index in [4.69, 9.17) is 5.21 Å². The van der Waals surface area contributed by atoms with Crippen LogP contribution in [0.2, 0.25) is 0 Å². The van der Waals surface area contributed by atoms with Gasteiger partial charge in [-0.25, -0.2) is 13.9 Å². The second-order valence-corrected chi connectivity index (χ2v) is 9.76. The second-order valence-electron chi connectivity index (χ2n) is 8.11. The maximum absolute atomic E-state index is 13.4. The van der Waals surface area contributed by atoms with E-state index in [1.54, 1.807) is 47.9 Å². The Morgan fingerprint density at radius 1 is 0.829 bits per heavy atom. The number of carbonyl (C=O) groups excluding carboxylic acids is 1. The quantitative estimate of drug-likeness (QED) is 0.200. The van der Waals surface area contributed by atoms with Crippen molar-refractivity contribution >= 4 is 43.7 Å². The molecule has 0 atom stereocenters. The average molecular weight is 488 g/mol. The molecule has 4 aromatic carbocycles. The Kier molecular flexibility index (Phi) is 6.86. The lowest BCUT2D eigenvalue weighted by Gasteiger charge is -2.17. The average Bonchev–Trinajstić information content (AvgIpc) is 2.86. The van der Waals surface area contributed by atoms with Crippen LogP contribution in [-0.4, -0.2) is 33.6 Å². The molecule has 3 N–H and O–H groups in total. The summed E-state index contributed by atoms with van der Waals surface area (Å²) < 4.78 is 29.5. The Morgan fingerprint density at radius 3 is 2.20 bits per heavy atom. The van der Waals surface area contributed by atoms with Crippen LogP contribution in [0, 0.1) is 0 Å². The fraction of sp³-hybridized carbons (Fsp3) is 0.0741. The Hall–Kier alpha value is -4.14. The monoisotopic (exact) mass is 487 g/mol. The molecule has 0 aliphatic heterocycles. The summed E-state index contributed by atoms with van der Waals surface area (Å²) in [7, 11) is -0.102. The predicted octanol–water partition coefficient (Wildman–Crippen LogP) is 4.64. The van der Waals surface area contributed by atoms with Crippen LogP contribution in [0.3, 0.4) is 0 Å². The highest BCUT2D eigenvalue weighted by atomic mass is 32.2. The highest BCUT2D eigenvalue weighted by Crippen LogP contribution is 2.32. The Bertz CT molecular complexity index is 1510. The molecule has 0 bridgehead atoms. The lowest BCUT2D eigenvalue weighted by atomic mass is 9.97. The van der Waals surface area contributed by atoms with E-state index in [0.717, 1.165) is 16.6 Å². The molecule has 4 aromatic rings. The first-order valence-corrected chi connectivity index (χ1v) is 12.3. The van der Waals surface area contributed by atoms with Gasteiger partial charge in [-0.15, -0.1) is 0 Å². The molecule has 0 radical (unpaired) electrons. The number of sulfonamides is 1. The van der Waals surface area contributed by atoms with Crippen molar-refractivity contribution in [1.29, 1.82) is 0 Å². The molecule has 0 saturated carbocycles. The van der Waals surface area contributed by atoms with Crippen LogP contribution < -0.4 is 15.1 Å². The van der Waals surface area contributed by atoms with Crippen LogP contribution in [0.4, 0.5) is 11.4 Å². The molecule has 0 spiro atoms. The van der Waals surface area contributed by atoms with Gasteiger partial charge in [0.2, 0.25) is 0 Å². The van der Waals surface area contributed by atoms with E-state index in [9.17, 15) is 13.2 Å². The number of hydroxylamine groups is 1. The van der Waals surface area contributed by atoms with Crippen molar-refractivity contribution in [3.63, 3.8) is 0 Å². The van der Waals surface area contributed by atoms with Gasteiger partial charge >= 0.3 is 0 Å². The molecule has 0 saturated heterocycles. The number of amides is 1. The van der Waals surface area contributed by atoms with Crippen LogP contribution in [0.25, 0.3) is 16.3 Å². The predicted molar refractivity (Wildman–Crippen MR) is 139 cm³/mol. The fourth-order valence-corrected chi connectivity index (χ4v) is 5.24. The Balaban J connectivity index is 1.75. The molecule has 0 aliphatic rings. The molecule has 0 heterocycles. The minimum atomic E-state index is -3.92. The summed E-state index contributed by atoms with van der Waals surface area (Å²) in [5, 5.41) is 10.5. The number of hydrogen-bond donors (Lipinski definition) is 3. The third-order valence-electron chi connectivity index (χ3n) is 5.53. The summed E-state index contributed by atoms with van der Waals surface area (Å²) in [5.74, 6) is -0.692. The van der Waals surface area contributed by atoms with Crippen LogP contribution in [0.15, 0.2) is 102 Å². The first-order chi connectivity index (χ1) is 16.8. The zero-order valence-corrected chi connectivity index (χ0v) is 20.1. The smallest absolute Gasteiger partial charge is 0.267 e. The van der Waals surface area contributed by atoms with E-state index < -0.39 is 15.9 Å². The van der Waals surface area contributed by atoms with Crippen molar-refractivity contribution in [2.75, 3.05) is 23.7 Å². The van der Waals surface area contributed by atoms with Crippen molar-refractivity contribution in [1.82, 2.24) is 5.48 Å². The van der Waals surface area contributed by atoms with Gasteiger partial charge in [-0.2, -0.15) is 0 Å². The standard InChI is InChI=1S/C27H25N3O4S/c1-30(2)25-15-7-14-23-22(25)13-8-16-26(23)35(33,34)29-21-12-6-11-20(17-21)24(18-27(31)28-32)19-9-4-3-5-10-19/h3-18,29,32H,1-2H3,(H,28,31). The molecule has 35 heavy (non-hydrogen) atoms. The minimum absolute atomic E-state index is 0.169. The van der Waals surface area contributed by atoms with Crippen molar-refractivity contribution in [2.24, 2.45) is 0 Å². The topological polar surface area (TPSA) is 98.7 Å². The maximum atomic E-state index is 13.4.